The Morgan fingerprint density at radius 3 is 2.44 bits per heavy atom. The lowest BCUT2D eigenvalue weighted by atomic mass is 10.1. The third kappa shape index (κ3) is 8.01. The van der Waals surface area contributed by atoms with Crippen molar-refractivity contribution < 1.29 is 19.4 Å². The molecular formula is C20H29NO4. The predicted molar refractivity (Wildman–Crippen MR) is 99.2 cm³/mol. The van der Waals surface area contributed by atoms with Crippen molar-refractivity contribution in [1.82, 2.24) is 4.90 Å². The van der Waals surface area contributed by atoms with Crippen LogP contribution in [0.25, 0.3) is 0 Å². The molecule has 0 saturated heterocycles. The van der Waals surface area contributed by atoms with Crippen molar-refractivity contribution >= 4 is 6.09 Å². The smallest absolute Gasteiger partial charge is 0.410 e. The van der Waals surface area contributed by atoms with E-state index in [1.807, 2.05) is 30.3 Å². The molecule has 1 N–H and O–H groups in total. The molecule has 1 amide bonds. The maximum absolute atomic E-state index is 12.3. The Kier molecular flexibility index (Phi) is 8.38. The summed E-state index contributed by atoms with van der Waals surface area (Å²) in [6.07, 6.45) is 1.10. The molecule has 0 spiro atoms. The standard InChI is InChI=1S/C20H29NO4/c1-6-13-21(19(23)25-20(3,4)5)14-17(22)18(7-2)24-15-16-11-9-8-10-12-16/h6-12,17-18,22H,1-2,13-15H2,3-5H3/t17-,18+/m0/s1. The molecule has 138 valence electrons. The van der Waals surface area contributed by atoms with E-state index in [9.17, 15) is 9.90 Å². The number of amides is 1. The van der Waals surface area contributed by atoms with Crippen LogP contribution in [-0.2, 0) is 16.1 Å². The number of rotatable bonds is 9. The van der Waals surface area contributed by atoms with Gasteiger partial charge >= 0.3 is 6.09 Å². The van der Waals surface area contributed by atoms with Gasteiger partial charge in [0.15, 0.2) is 0 Å². The van der Waals surface area contributed by atoms with Crippen LogP contribution in [0.2, 0.25) is 0 Å². The third-order valence-electron chi connectivity index (χ3n) is 3.31. The normalized spacial score (nSPS) is 13.6. The number of hydrogen-bond donors (Lipinski definition) is 1. The van der Waals surface area contributed by atoms with Gasteiger partial charge in [0.2, 0.25) is 0 Å². The number of ether oxygens (including phenoxy) is 2. The molecular weight excluding hydrogens is 318 g/mol. The molecule has 0 aliphatic rings. The molecule has 2 atom stereocenters. The van der Waals surface area contributed by atoms with Crippen molar-refractivity contribution in [3.63, 3.8) is 0 Å². The Morgan fingerprint density at radius 2 is 1.92 bits per heavy atom. The van der Waals surface area contributed by atoms with Crippen molar-refractivity contribution in [2.45, 2.75) is 45.2 Å². The van der Waals surface area contributed by atoms with E-state index in [0.29, 0.717) is 6.61 Å². The predicted octanol–water partition coefficient (Wildman–Crippen LogP) is 3.54. The van der Waals surface area contributed by atoms with Crippen LogP contribution in [-0.4, -0.2) is 47.0 Å². The molecule has 0 saturated carbocycles. The van der Waals surface area contributed by atoms with E-state index in [1.165, 1.54) is 11.0 Å². The van der Waals surface area contributed by atoms with E-state index in [-0.39, 0.29) is 13.1 Å². The highest BCUT2D eigenvalue weighted by Crippen LogP contribution is 2.13. The van der Waals surface area contributed by atoms with Gasteiger partial charge < -0.3 is 19.5 Å². The maximum atomic E-state index is 12.3. The lowest BCUT2D eigenvalue weighted by molar-refractivity contribution is -0.0359. The second-order valence-corrected chi connectivity index (χ2v) is 6.74. The quantitative estimate of drug-likeness (QED) is 0.694. The Morgan fingerprint density at radius 1 is 1.28 bits per heavy atom. The summed E-state index contributed by atoms with van der Waals surface area (Å²) in [4.78, 5) is 13.6. The van der Waals surface area contributed by atoms with Crippen molar-refractivity contribution in [3.8, 4) is 0 Å². The summed E-state index contributed by atoms with van der Waals surface area (Å²) in [5.41, 5.74) is 0.389. The maximum Gasteiger partial charge on any atom is 0.410 e. The fourth-order valence-corrected chi connectivity index (χ4v) is 2.14. The Labute approximate surface area is 150 Å². The van der Waals surface area contributed by atoms with Crippen LogP contribution >= 0.6 is 0 Å². The zero-order valence-corrected chi connectivity index (χ0v) is 15.4. The van der Waals surface area contributed by atoms with Gasteiger partial charge in [0.1, 0.15) is 17.8 Å². The number of nitrogens with zero attached hydrogens (tertiary/aromatic N) is 1. The van der Waals surface area contributed by atoms with Gasteiger partial charge in [0.25, 0.3) is 0 Å². The summed E-state index contributed by atoms with van der Waals surface area (Å²) in [5.74, 6) is 0. The first kappa shape index (κ1) is 20.9. The summed E-state index contributed by atoms with van der Waals surface area (Å²) in [6, 6.07) is 9.66. The molecule has 0 fully saturated rings. The Balaban J connectivity index is 2.65. The second kappa shape index (κ2) is 10.0. The highest BCUT2D eigenvalue weighted by Gasteiger charge is 2.26. The summed E-state index contributed by atoms with van der Waals surface area (Å²) in [5, 5.41) is 10.5. The highest BCUT2D eigenvalue weighted by molar-refractivity contribution is 5.68. The average molecular weight is 347 g/mol. The Bertz CT molecular complexity index is 551. The van der Waals surface area contributed by atoms with E-state index in [1.54, 1.807) is 26.8 Å². The minimum absolute atomic E-state index is 0.0619. The molecule has 0 heterocycles. The largest absolute Gasteiger partial charge is 0.444 e. The zero-order chi connectivity index (χ0) is 18.9. The van der Waals surface area contributed by atoms with Crippen LogP contribution in [0.5, 0.6) is 0 Å². The summed E-state index contributed by atoms with van der Waals surface area (Å²) >= 11 is 0. The molecule has 5 heteroatoms. The lowest BCUT2D eigenvalue weighted by Gasteiger charge is -2.30. The van der Waals surface area contributed by atoms with Gasteiger partial charge in [-0.3, -0.25) is 0 Å². The van der Waals surface area contributed by atoms with Gasteiger partial charge in [-0.05, 0) is 26.3 Å². The molecule has 0 aromatic heterocycles. The van der Waals surface area contributed by atoms with Crippen LogP contribution in [0.3, 0.4) is 0 Å². The van der Waals surface area contributed by atoms with E-state index in [0.717, 1.165) is 5.56 Å². The highest BCUT2D eigenvalue weighted by atomic mass is 16.6. The van der Waals surface area contributed by atoms with Crippen LogP contribution in [0.1, 0.15) is 26.3 Å². The molecule has 25 heavy (non-hydrogen) atoms. The minimum Gasteiger partial charge on any atom is -0.444 e. The van der Waals surface area contributed by atoms with E-state index >= 15 is 0 Å². The van der Waals surface area contributed by atoms with E-state index in [4.69, 9.17) is 9.47 Å². The van der Waals surface area contributed by atoms with Crippen LogP contribution in [0.4, 0.5) is 4.79 Å². The molecule has 0 bridgehead atoms. The fourth-order valence-electron chi connectivity index (χ4n) is 2.14. The Hall–Kier alpha value is -2.11. The number of hydrogen-bond acceptors (Lipinski definition) is 4. The van der Waals surface area contributed by atoms with Gasteiger partial charge in [-0.1, -0.05) is 42.5 Å². The summed E-state index contributed by atoms with van der Waals surface area (Å²) < 4.78 is 11.1. The van der Waals surface area contributed by atoms with Crippen LogP contribution in [0, 0.1) is 0 Å². The topological polar surface area (TPSA) is 59.0 Å². The van der Waals surface area contributed by atoms with Gasteiger partial charge in [0, 0.05) is 6.54 Å². The van der Waals surface area contributed by atoms with Gasteiger partial charge in [0.05, 0.1) is 13.2 Å². The van der Waals surface area contributed by atoms with Gasteiger partial charge in [-0.15, -0.1) is 13.2 Å². The zero-order valence-electron chi connectivity index (χ0n) is 15.4. The molecule has 1 aromatic rings. The van der Waals surface area contributed by atoms with Crippen LogP contribution in [0.15, 0.2) is 55.6 Å². The van der Waals surface area contributed by atoms with Crippen molar-refractivity contribution in [2.24, 2.45) is 0 Å². The molecule has 0 unspecified atom stereocenters. The SMILES string of the molecule is C=CCN(C[C@H](O)[C@@H](C=C)OCc1ccccc1)C(=O)OC(C)(C)C. The average Bonchev–Trinajstić information content (AvgIpc) is 2.54. The lowest BCUT2D eigenvalue weighted by Crippen LogP contribution is -2.44. The summed E-state index contributed by atoms with van der Waals surface area (Å²) in [6.45, 7) is 13.4. The van der Waals surface area contributed by atoms with Crippen LogP contribution < -0.4 is 0 Å². The first-order valence-electron chi connectivity index (χ1n) is 8.31. The second-order valence-electron chi connectivity index (χ2n) is 6.74. The fraction of sp³-hybridized carbons (Fsp3) is 0.450. The van der Waals surface area contributed by atoms with E-state index in [2.05, 4.69) is 13.2 Å². The number of benzene rings is 1. The first-order valence-corrected chi connectivity index (χ1v) is 8.31. The minimum atomic E-state index is -0.923. The molecule has 1 aromatic carbocycles. The molecule has 0 aliphatic heterocycles. The molecule has 0 radical (unpaired) electrons. The third-order valence-corrected chi connectivity index (χ3v) is 3.31. The van der Waals surface area contributed by atoms with E-state index < -0.39 is 23.9 Å². The number of carbonyl (C=O) groups is 1. The number of aliphatic hydroxyl groups excluding tert-OH is 1. The van der Waals surface area contributed by atoms with Gasteiger partial charge in [-0.25, -0.2) is 4.79 Å². The molecule has 1 rings (SSSR count). The van der Waals surface area contributed by atoms with Crippen molar-refractivity contribution in [3.05, 3.63) is 61.2 Å². The monoisotopic (exact) mass is 347 g/mol. The molecule has 0 aliphatic carbocycles. The van der Waals surface area contributed by atoms with Crippen molar-refractivity contribution in [1.29, 1.82) is 0 Å². The summed E-state index contributed by atoms with van der Waals surface area (Å²) in [7, 11) is 0. The first-order chi connectivity index (χ1) is 11.8. The molecule has 5 nitrogen and oxygen atoms in total. The number of aliphatic hydroxyl groups is 1. The van der Waals surface area contributed by atoms with Crippen molar-refractivity contribution in [2.75, 3.05) is 13.1 Å². The van der Waals surface area contributed by atoms with Gasteiger partial charge in [-0.2, -0.15) is 0 Å². The number of carbonyl (C=O) groups excluding carboxylic acids is 1.